The zero-order valence-electron chi connectivity index (χ0n) is 14.7. The Hall–Kier alpha value is -1.50. The molecule has 0 aromatic heterocycles. The molecule has 0 unspecified atom stereocenters. The Balaban J connectivity index is 3.37. The molecule has 0 heterocycles. The lowest BCUT2D eigenvalue weighted by Crippen LogP contribution is -2.34. The van der Waals surface area contributed by atoms with E-state index in [0.29, 0.717) is 12.8 Å². The number of carbonyl (C=O) groups excluding carboxylic acids is 4. The first-order chi connectivity index (χ1) is 12.5. The summed E-state index contributed by atoms with van der Waals surface area (Å²) >= 11 is 0. The lowest BCUT2D eigenvalue weighted by atomic mass is 10.3. The average Bonchev–Trinajstić information content (AvgIpc) is 2.63. The highest BCUT2D eigenvalue weighted by molar-refractivity contribution is 8.76. The highest BCUT2D eigenvalue weighted by Crippen LogP contribution is 2.23. The van der Waals surface area contributed by atoms with Crippen molar-refractivity contribution in [1.82, 2.24) is 21.5 Å². The second-order valence-corrected chi connectivity index (χ2v) is 7.89. The molecule has 4 amide bonds. The van der Waals surface area contributed by atoms with Crippen molar-refractivity contribution in [3.05, 3.63) is 0 Å². The molecule has 26 heavy (non-hydrogen) atoms. The van der Waals surface area contributed by atoms with Gasteiger partial charge in [0, 0.05) is 50.3 Å². The van der Waals surface area contributed by atoms with Crippen LogP contribution >= 0.6 is 21.6 Å². The summed E-state index contributed by atoms with van der Waals surface area (Å²) in [5, 5.41) is 5.30. The monoisotopic (exact) mass is 408 g/mol. The summed E-state index contributed by atoms with van der Waals surface area (Å²) in [6, 6.07) is 0. The molecule has 0 spiro atoms. The van der Waals surface area contributed by atoms with Crippen LogP contribution in [0.4, 0.5) is 0 Å². The molecule has 0 bridgehead atoms. The van der Waals surface area contributed by atoms with Gasteiger partial charge in [-0.25, -0.2) is 11.7 Å². The quantitative estimate of drug-likeness (QED) is 0.0653. The topological polar surface area (TPSA) is 168 Å². The Morgan fingerprint density at radius 1 is 0.615 bits per heavy atom. The third-order valence-corrected chi connectivity index (χ3v) is 5.59. The predicted octanol–water partition coefficient (Wildman–Crippen LogP) is -1.08. The van der Waals surface area contributed by atoms with Gasteiger partial charge < -0.3 is 10.6 Å². The molecule has 0 aliphatic carbocycles. The standard InChI is InChI=1S/C14H28N6O4S2/c15-19-13(23)5-7-17-11(21)3-1-9-25-26-10-2-4-12(22)18-8-6-14(24)20-16/h1-10,15-16H2,(H,17,21)(H,18,22)(H,19,23)(H,20,24). The van der Waals surface area contributed by atoms with Crippen molar-refractivity contribution in [3.63, 3.8) is 0 Å². The third kappa shape index (κ3) is 16.0. The molecule has 0 rings (SSSR count). The van der Waals surface area contributed by atoms with Crippen LogP contribution in [0, 0.1) is 0 Å². The number of rotatable bonds is 15. The van der Waals surface area contributed by atoms with Crippen LogP contribution in [0.1, 0.15) is 38.5 Å². The van der Waals surface area contributed by atoms with E-state index in [2.05, 4.69) is 10.6 Å². The summed E-state index contributed by atoms with van der Waals surface area (Å²) < 4.78 is 0. The molecule has 10 nitrogen and oxygen atoms in total. The summed E-state index contributed by atoms with van der Waals surface area (Å²) in [7, 11) is 3.32. The minimum Gasteiger partial charge on any atom is -0.356 e. The number of nitrogens with one attached hydrogen (secondary N) is 4. The molecular weight excluding hydrogens is 380 g/mol. The van der Waals surface area contributed by atoms with Gasteiger partial charge in [-0.1, -0.05) is 21.6 Å². The first-order valence-electron chi connectivity index (χ1n) is 8.26. The van der Waals surface area contributed by atoms with Crippen molar-refractivity contribution in [2.75, 3.05) is 24.6 Å². The summed E-state index contributed by atoms with van der Waals surface area (Å²) in [5.41, 5.74) is 3.99. The molecule has 0 fully saturated rings. The van der Waals surface area contributed by atoms with Gasteiger partial charge in [0.2, 0.25) is 23.6 Å². The van der Waals surface area contributed by atoms with Gasteiger partial charge in [-0.3, -0.25) is 30.0 Å². The van der Waals surface area contributed by atoms with Gasteiger partial charge in [-0.15, -0.1) is 0 Å². The molecule has 8 N–H and O–H groups in total. The fraction of sp³-hybridized carbons (Fsp3) is 0.714. The van der Waals surface area contributed by atoms with Crippen LogP contribution in [-0.4, -0.2) is 48.2 Å². The SMILES string of the molecule is NNC(=O)CCNC(=O)CCCSSCCCC(=O)NCCC(=O)NN. The molecule has 0 aromatic carbocycles. The van der Waals surface area contributed by atoms with Crippen molar-refractivity contribution < 1.29 is 19.2 Å². The molecule has 150 valence electrons. The molecule has 0 aliphatic rings. The van der Waals surface area contributed by atoms with Gasteiger partial charge in [0.25, 0.3) is 0 Å². The first-order valence-corrected chi connectivity index (χ1v) is 10.7. The van der Waals surface area contributed by atoms with Crippen molar-refractivity contribution in [3.8, 4) is 0 Å². The van der Waals surface area contributed by atoms with Gasteiger partial charge in [0.1, 0.15) is 0 Å². The van der Waals surface area contributed by atoms with Crippen LogP contribution in [0.15, 0.2) is 0 Å². The molecule has 0 atom stereocenters. The van der Waals surface area contributed by atoms with Gasteiger partial charge in [0.05, 0.1) is 0 Å². The fourth-order valence-corrected chi connectivity index (χ4v) is 3.83. The largest absolute Gasteiger partial charge is 0.356 e. The van der Waals surface area contributed by atoms with E-state index < -0.39 is 0 Å². The van der Waals surface area contributed by atoms with Crippen LogP contribution < -0.4 is 33.2 Å². The highest BCUT2D eigenvalue weighted by Gasteiger charge is 2.04. The Morgan fingerprint density at radius 3 is 1.35 bits per heavy atom. The third-order valence-electron chi connectivity index (χ3n) is 3.02. The zero-order chi connectivity index (χ0) is 19.6. The number of nitrogens with two attached hydrogens (primary N) is 2. The zero-order valence-corrected chi connectivity index (χ0v) is 16.3. The van der Waals surface area contributed by atoms with Gasteiger partial charge >= 0.3 is 0 Å². The van der Waals surface area contributed by atoms with Crippen molar-refractivity contribution in [2.45, 2.75) is 38.5 Å². The van der Waals surface area contributed by atoms with E-state index in [-0.39, 0.29) is 49.6 Å². The average molecular weight is 409 g/mol. The van der Waals surface area contributed by atoms with E-state index in [0.717, 1.165) is 24.3 Å². The summed E-state index contributed by atoms with van der Waals surface area (Å²) in [6.07, 6.45) is 2.65. The van der Waals surface area contributed by atoms with Crippen LogP contribution in [0.5, 0.6) is 0 Å². The minimum absolute atomic E-state index is 0.0830. The van der Waals surface area contributed by atoms with Crippen molar-refractivity contribution >= 4 is 45.2 Å². The Morgan fingerprint density at radius 2 is 1.00 bits per heavy atom. The molecule has 0 aliphatic heterocycles. The van der Waals surface area contributed by atoms with Crippen molar-refractivity contribution in [1.29, 1.82) is 0 Å². The molecule has 0 saturated carbocycles. The van der Waals surface area contributed by atoms with E-state index in [1.54, 1.807) is 21.6 Å². The number of carbonyl (C=O) groups is 4. The van der Waals surface area contributed by atoms with Crippen molar-refractivity contribution in [2.24, 2.45) is 11.7 Å². The number of hydrogen-bond donors (Lipinski definition) is 6. The van der Waals surface area contributed by atoms with Gasteiger partial charge in [-0.2, -0.15) is 0 Å². The Bertz CT molecular complexity index is 413. The van der Waals surface area contributed by atoms with E-state index in [4.69, 9.17) is 11.7 Å². The Kier molecular flexibility index (Phi) is 16.0. The maximum absolute atomic E-state index is 11.5. The fourth-order valence-electron chi connectivity index (χ4n) is 1.65. The van der Waals surface area contributed by atoms with E-state index in [1.807, 2.05) is 10.9 Å². The molecule has 0 aromatic rings. The normalized spacial score (nSPS) is 10.1. The number of hydrazine groups is 2. The maximum Gasteiger partial charge on any atom is 0.235 e. The highest BCUT2D eigenvalue weighted by atomic mass is 33.1. The molecule has 0 saturated heterocycles. The van der Waals surface area contributed by atoms with Crippen LogP contribution in [0.25, 0.3) is 0 Å². The van der Waals surface area contributed by atoms with Gasteiger partial charge in [-0.05, 0) is 12.8 Å². The van der Waals surface area contributed by atoms with E-state index >= 15 is 0 Å². The van der Waals surface area contributed by atoms with Crippen LogP contribution in [0.2, 0.25) is 0 Å². The smallest absolute Gasteiger partial charge is 0.235 e. The van der Waals surface area contributed by atoms with Gasteiger partial charge in [0.15, 0.2) is 0 Å². The summed E-state index contributed by atoms with van der Waals surface area (Å²) in [6.45, 7) is 0.561. The minimum atomic E-state index is -0.313. The molecular formula is C14H28N6O4S2. The number of amides is 4. The summed E-state index contributed by atoms with van der Waals surface area (Å²) in [4.78, 5) is 44.8. The van der Waals surface area contributed by atoms with E-state index in [9.17, 15) is 19.2 Å². The first kappa shape index (κ1) is 24.5. The lowest BCUT2D eigenvalue weighted by Gasteiger charge is -2.05. The second kappa shape index (κ2) is 16.9. The summed E-state index contributed by atoms with van der Waals surface area (Å²) in [5.74, 6) is 10.7. The predicted molar refractivity (Wildman–Crippen MR) is 103 cm³/mol. The van der Waals surface area contributed by atoms with E-state index in [1.165, 1.54) is 0 Å². The second-order valence-electron chi connectivity index (χ2n) is 5.19. The van der Waals surface area contributed by atoms with Crippen LogP contribution in [0.3, 0.4) is 0 Å². The lowest BCUT2D eigenvalue weighted by molar-refractivity contribution is -0.124. The molecule has 0 radical (unpaired) electrons. The Labute approximate surface area is 161 Å². The molecule has 12 heteroatoms. The van der Waals surface area contributed by atoms with Crippen LogP contribution in [-0.2, 0) is 19.2 Å². The maximum atomic E-state index is 11.5. The number of hydrogen-bond acceptors (Lipinski definition) is 8.